The predicted molar refractivity (Wildman–Crippen MR) is 117 cm³/mol. The number of carbonyl (C=O) groups is 1. The molecule has 2 aromatic carbocycles. The van der Waals surface area contributed by atoms with Gasteiger partial charge >= 0.3 is 0 Å². The summed E-state index contributed by atoms with van der Waals surface area (Å²) < 4.78 is 19.4. The average molecular weight is 411 g/mol. The summed E-state index contributed by atoms with van der Waals surface area (Å²) in [5.41, 5.74) is 2.31. The number of amides is 1. The van der Waals surface area contributed by atoms with E-state index >= 15 is 0 Å². The summed E-state index contributed by atoms with van der Waals surface area (Å²) in [5.74, 6) is -0.364. The van der Waals surface area contributed by atoms with Gasteiger partial charge in [0.15, 0.2) is 0 Å². The molecular formula is C25H31FN2O2. The SMILES string of the molecule is C[C@H](NC(=O)C1(c2cccc(F)c2)CCOCC1)c1ccc(N2CCCCC2)cc1. The molecule has 0 spiro atoms. The van der Waals surface area contributed by atoms with Gasteiger partial charge in [0.05, 0.1) is 11.5 Å². The van der Waals surface area contributed by atoms with Crippen LogP contribution in [0.4, 0.5) is 10.1 Å². The fourth-order valence-corrected chi connectivity index (χ4v) is 4.70. The molecule has 0 unspecified atom stereocenters. The molecule has 2 aliphatic heterocycles. The number of carbonyl (C=O) groups excluding carboxylic acids is 1. The number of rotatable bonds is 5. The Labute approximate surface area is 178 Å². The second-order valence-electron chi connectivity index (χ2n) is 8.54. The molecule has 2 aromatic rings. The Bertz CT molecular complexity index is 856. The maximum absolute atomic E-state index is 13.9. The van der Waals surface area contributed by atoms with E-state index in [1.54, 1.807) is 6.07 Å². The normalized spacial score (nSPS) is 19.9. The second-order valence-corrected chi connectivity index (χ2v) is 8.54. The van der Waals surface area contributed by atoms with Crippen LogP contribution in [0.15, 0.2) is 48.5 Å². The Morgan fingerprint density at radius 3 is 2.43 bits per heavy atom. The van der Waals surface area contributed by atoms with Gasteiger partial charge in [0.1, 0.15) is 5.82 Å². The molecule has 0 aliphatic carbocycles. The standard InChI is InChI=1S/C25H31FN2O2/c1-19(20-8-10-23(11-9-20)28-14-3-2-4-15-28)27-24(29)25(12-16-30-17-13-25)21-6-5-7-22(26)18-21/h5-11,18-19H,2-4,12-17H2,1H3,(H,27,29)/t19-/m0/s1. The Kier molecular flexibility index (Phi) is 6.38. The lowest BCUT2D eigenvalue weighted by molar-refractivity contribution is -0.131. The zero-order valence-electron chi connectivity index (χ0n) is 17.7. The van der Waals surface area contributed by atoms with Crippen LogP contribution in [0, 0.1) is 5.82 Å². The van der Waals surface area contributed by atoms with E-state index in [0.717, 1.165) is 24.2 Å². The van der Waals surface area contributed by atoms with Crippen LogP contribution in [0.25, 0.3) is 0 Å². The Morgan fingerprint density at radius 1 is 1.07 bits per heavy atom. The maximum atomic E-state index is 13.9. The highest BCUT2D eigenvalue weighted by Crippen LogP contribution is 2.36. The molecule has 0 saturated carbocycles. The highest BCUT2D eigenvalue weighted by Gasteiger charge is 2.42. The third-order valence-corrected chi connectivity index (χ3v) is 6.62. The molecule has 1 amide bonds. The molecule has 1 N–H and O–H groups in total. The fourth-order valence-electron chi connectivity index (χ4n) is 4.70. The number of hydrogen-bond acceptors (Lipinski definition) is 3. The molecule has 0 bridgehead atoms. The molecular weight excluding hydrogens is 379 g/mol. The van der Waals surface area contributed by atoms with Crippen LogP contribution >= 0.6 is 0 Å². The van der Waals surface area contributed by atoms with E-state index in [0.29, 0.717) is 26.1 Å². The van der Waals surface area contributed by atoms with E-state index in [9.17, 15) is 9.18 Å². The van der Waals surface area contributed by atoms with Gasteiger partial charge in [0.25, 0.3) is 0 Å². The van der Waals surface area contributed by atoms with E-state index < -0.39 is 5.41 Å². The highest BCUT2D eigenvalue weighted by atomic mass is 19.1. The molecule has 1 atom stereocenters. The minimum absolute atomic E-state index is 0.0518. The molecule has 0 aromatic heterocycles. The van der Waals surface area contributed by atoms with Crippen molar-refractivity contribution in [1.82, 2.24) is 5.32 Å². The topological polar surface area (TPSA) is 41.6 Å². The van der Waals surface area contributed by atoms with Crippen LogP contribution in [-0.2, 0) is 14.9 Å². The van der Waals surface area contributed by atoms with Gasteiger partial charge in [-0.25, -0.2) is 4.39 Å². The number of nitrogens with zero attached hydrogens (tertiary/aromatic N) is 1. The van der Waals surface area contributed by atoms with Crippen LogP contribution in [0.3, 0.4) is 0 Å². The third-order valence-electron chi connectivity index (χ3n) is 6.62. The number of piperidine rings is 1. The van der Waals surface area contributed by atoms with Gasteiger partial charge in [-0.3, -0.25) is 4.79 Å². The number of benzene rings is 2. The molecule has 4 nitrogen and oxygen atoms in total. The average Bonchev–Trinajstić information content (AvgIpc) is 2.80. The van der Waals surface area contributed by atoms with Gasteiger partial charge in [-0.1, -0.05) is 24.3 Å². The van der Waals surface area contributed by atoms with Gasteiger partial charge in [-0.15, -0.1) is 0 Å². The maximum Gasteiger partial charge on any atom is 0.231 e. The zero-order chi connectivity index (χ0) is 21.0. The molecule has 5 heteroatoms. The Balaban J connectivity index is 1.49. The van der Waals surface area contributed by atoms with Crippen molar-refractivity contribution in [3.8, 4) is 0 Å². The summed E-state index contributed by atoms with van der Waals surface area (Å²) in [4.78, 5) is 15.9. The minimum Gasteiger partial charge on any atom is -0.381 e. The molecule has 2 fully saturated rings. The lowest BCUT2D eigenvalue weighted by atomic mass is 9.73. The molecule has 160 valence electrons. The highest BCUT2D eigenvalue weighted by molar-refractivity contribution is 5.88. The molecule has 2 saturated heterocycles. The van der Waals surface area contributed by atoms with E-state index in [1.165, 1.54) is 37.1 Å². The summed E-state index contributed by atoms with van der Waals surface area (Å²) in [5, 5.41) is 3.19. The zero-order valence-corrected chi connectivity index (χ0v) is 17.7. The second kappa shape index (κ2) is 9.17. The van der Waals surface area contributed by atoms with Crippen LogP contribution in [0.1, 0.15) is 56.2 Å². The van der Waals surface area contributed by atoms with Crippen LogP contribution in [0.5, 0.6) is 0 Å². The first kappa shape index (κ1) is 20.9. The monoisotopic (exact) mass is 410 g/mol. The lowest BCUT2D eigenvalue weighted by Crippen LogP contribution is -2.48. The van der Waals surface area contributed by atoms with E-state index in [-0.39, 0.29) is 17.8 Å². The summed E-state index contributed by atoms with van der Waals surface area (Å²) in [6.45, 7) is 5.24. The minimum atomic E-state index is -0.748. The number of ether oxygens (including phenoxy) is 1. The smallest absolute Gasteiger partial charge is 0.231 e. The van der Waals surface area contributed by atoms with Crippen LogP contribution in [0.2, 0.25) is 0 Å². The molecule has 30 heavy (non-hydrogen) atoms. The van der Waals surface area contributed by atoms with Crippen molar-refractivity contribution in [2.45, 2.75) is 50.5 Å². The summed E-state index contributed by atoms with van der Waals surface area (Å²) in [7, 11) is 0. The summed E-state index contributed by atoms with van der Waals surface area (Å²) in [6.07, 6.45) is 4.93. The molecule has 0 radical (unpaired) electrons. The Hall–Kier alpha value is -2.40. The summed E-state index contributed by atoms with van der Waals surface area (Å²) >= 11 is 0. The number of nitrogens with one attached hydrogen (secondary N) is 1. The Morgan fingerprint density at radius 2 is 1.77 bits per heavy atom. The van der Waals surface area contributed by atoms with Crippen molar-refractivity contribution in [3.63, 3.8) is 0 Å². The predicted octanol–water partition coefficient (Wildman–Crippen LogP) is 4.74. The molecule has 2 heterocycles. The first-order valence-corrected chi connectivity index (χ1v) is 11.1. The first-order chi connectivity index (χ1) is 14.6. The number of anilines is 1. The number of hydrogen-bond donors (Lipinski definition) is 1. The van der Waals surface area contributed by atoms with E-state index in [1.807, 2.05) is 13.0 Å². The lowest BCUT2D eigenvalue weighted by Gasteiger charge is -2.37. The van der Waals surface area contributed by atoms with E-state index in [4.69, 9.17) is 4.74 Å². The van der Waals surface area contributed by atoms with Crippen LogP contribution < -0.4 is 10.2 Å². The molecule has 2 aliphatic rings. The van der Waals surface area contributed by atoms with E-state index in [2.05, 4.69) is 34.5 Å². The van der Waals surface area contributed by atoms with Crippen molar-refractivity contribution in [2.24, 2.45) is 0 Å². The van der Waals surface area contributed by atoms with Crippen molar-refractivity contribution in [3.05, 3.63) is 65.5 Å². The van der Waals surface area contributed by atoms with Crippen LogP contribution in [-0.4, -0.2) is 32.2 Å². The van der Waals surface area contributed by atoms with Crippen molar-refractivity contribution in [2.75, 3.05) is 31.2 Å². The van der Waals surface area contributed by atoms with Gasteiger partial charge in [-0.2, -0.15) is 0 Å². The van der Waals surface area contributed by atoms with Crippen molar-refractivity contribution < 1.29 is 13.9 Å². The van der Waals surface area contributed by atoms with Crippen molar-refractivity contribution >= 4 is 11.6 Å². The van der Waals surface area contributed by atoms with Gasteiger partial charge in [0, 0.05) is 32.0 Å². The van der Waals surface area contributed by atoms with Gasteiger partial charge < -0.3 is 15.0 Å². The first-order valence-electron chi connectivity index (χ1n) is 11.1. The fraction of sp³-hybridized carbons (Fsp3) is 0.480. The van der Waals surface area contributed by atoms with Gasteiger partial charge in [-0.05, 0) is 74.4 Å². The quantitative estimate of drug-likeness (QED) is 0.774. The summed E-state index contributed by atoms with van der Waals surface area (Å²) in [6, 6.07) is 14.8. The molecule has 4 rings (SSSR count). The van der Waals surface area contributed by atoms with Crippen molar-refractivity contribution in [1.29, 1.82) is 0 Å². The number of halogens is 1. The largest absolute Gasteiger partial charge is 0.381 e. The van der Waals surface area contributed by atoms with Gasteiger partial charge in [0.2, 0.25) is 5.91 Å². The third kappa shape index (κ3) is 4.36.